The summed E-state index contributed by atoms with van der Waals surface area (Å²) in [7, 11) is 1.80. The molecule has 0 amide bonds. The number of rotatable bonds is 6. The average molecular weight is 290 g/mol. The third-order valence-electron chi connectivity index (χ3n) is 4.83. The van der Waals surface area contributed by atoms with Crippen molar-refractivity contribution < 1.29 is 4.74 Å². The van der Waals surface area contributed by atoms with Gasteiger partial charge in [0.05, 0.1) is 6.04 Å². The Morgan fingerprint density at radius 3 is 2.52 bits per heavy atom. The molecule has 1 aromatic rings. The average Bonchev–Trinajstić information content (AvgIpc) is 2.51. The number of benzene rings is 1. The lowest BCUT2D eigenvalue weighted by atomic mass is 9.89. The molecule has 118 valence electrons. The van der Waals surface area contributed by atoms with Gasteiger partial charge in [-0.25, -0.2) is 0 Å². The van der Waals surface area contributed by atoms with Crippen molar-refractivity contribution in [3.8, 4) is 0 Å². The van der Waals surface area contributed by atoms with Crippen LogP contribution in [0.15, 0.2) is 24.3 Å². The Hall–Kier alpha value is -0.900. The second-order valence-electron chi connectivity index (χ2n) is 6.31. The van der Waals surface area contributed by atoms with E-state index in [-0.39, 0.29) is 6.04 Å². The SMILES string of the molecule is CCC(N)C(c1ccccc1C)N1CCC(COC)CC1. The van der Waals surface area contributed by atoms with E-state index in [1.54, 1.807) is 7.11 Å². The minimum absolute atomic E-state index is 0.199. The van der Waals surface area contributed by atoms with Crippen LogP contribution < -0.4 is 5.73 Å². The zero-order valence-corrected chi connectivity index (χ0v) is 13.7. The highest BCUT2D eigenvalue weighted by Gasteiger charge is 2.30. The van der Waals surface area contributed by atoms with Gasteiger partial charge in [0.15, 0.2) is 0 Å². The Morgan fingerprint density at radius 2 is 1.95 bits per heavy atom. The number of aryl methyl sites for hydroxylation is 1. The third kappa shape index (κ3) is 4.06. The Kier molecular flexibility index (Phi) is 6.22. The van der Waals surface area contributed by atoms with Crippen LogP contribution in [0.2, 0.25) is 0 Å². The van der Waals surface area contributed by atoms with Crippen molar-refractivity contribution in [1.29, 1.82) is 0 Å². The van der Waals surface area contributed by atoms with Gasteiger partial charge in [0.25, 0.3) is 0 Å². The van der Waals surface area contributed by atoms with E-state index < -0.39 is 0 Å². The molecule has 0 aromatic heterocycles. The molecule has 1 heterocycles. The maximum atomic E-state index is 6.48. The Morgan fingerprint density at radius 1 is 1.29 bits per heavy atom. The van der Waals surface area contributed by atoms with Crippen molar-refractivity contribution >= 4 is 0 Å². The molecule has 0 saturated carbocycles. The highest BCUT2D eigenvalue weighted by molar-refractivity contribution is 5.30. The van der Waals surface area contributed by atoms with Crippen molar-refractivity contribution in [3.63, 3.8) is 0 Å². The predicted octanol–water partition coefficient (Wildman–Crippen LogP) is 3.13. The van der Waals surface area contributed by atoms with Gasteiger partial charge in [-0.05, 0) is 56.3 Å². The van der Waals surface area contributed by atoms with Gasteiger partial charge >= 0.3 is 0 Å². The molecule has 1 aromatic carbocycles. The van der Waals surface area contributed by atoms with Crippen LogP contribution >= 0.6 is 0 Å². The van der Waals surface area contributed by atoms with Gasteiger partial charge in [0.1, 0.15) is 0 Å². The summed E-state index contributed by atoms with van der Waals surface area (Å²) in [4.78, 5) is 2.59. The number of nitrogens with two attached hydrogens (primary N) is 1. The maximum Gasteiger partial charge on any atom is 0.0501 e. The first-order valence-electron chi connectivity index (χ1n) is 8.21. The van der Waals surface area contributed by atoms with Crippen molar-refractivity contribution in [2.75, 3.05) is 26.8 Å². The first kappa shape index (κ1) is 16.5. The Labute approximate surface area is 129 Å². The summed E-state index contributed by atoms with van der Waals surface area (Å²) in [6.45, 7) is 7.53. The third-order valence-corrected chi connectivity index (χ3v) is 4.83. The molecule has 2 unspecified atom stereocenters. The van der Waals surface area contributed by atoms with Gasteiger partial charge in [0.2, 0.25) is 0 Å². The lowest BCUT2D eigenvalue weighted by molar-refractivity contribution is 0.0713. The van der Waals surface area contributed by atoms with Crippen LogP contribution in [0.5, 0.6) is 0 Å². The zero-order valence-electron chi connectivity index (χ0n) is 13.7. The second-order valence-corrected chi connectivity index (χ2v) is 6.31. The van der Waals surface area contributed by atoms with Crippen molar-refractivity contribution in [1.82, 2.24) is 4.90 Å². The number of hydrogen-bond donors (Lipinski definition) is 1. The molecular weight excluding hydrogens is 260 g/mol. The first-order valence-corrected chi connectivity index (χ1v) is 8.21. The normalized spacial score (nSPS) is 20.4. The molecular formula is C18H30N2O. The van der Waals surface area contributed by atoms with Crippen molar-refractivity contribution in [2.45, 2.75) is 45.2 Å². The minimum Gasteiger partial charge on any atom is -0.384 e. The fourth-order valence-electron chi connectivity index (χ4n) is 3.47. The molecule has 2 rings (SSSR count). The molecule has 3 nitrogen and oxygen atoms in total. The lowest BCUT2D eigenvalue weighted by Crippen LogP contribution is -2.45. The van der Waals surface area contributed by atoms with E-state index >= 15 is 0 Å². The Balaban J connectivity index is 2.13. The summed E-state index contributed by atoms with van der Waals surface area (Å²) in [5, 5.41) is 0. The molecule has 2 atom stereocenters. The van der Waals surface area contributed by atoms with Crippen LogP contribution in [0.4, 0.5) is 0 Å². The summed E-state index contributed by atoms with van der Waals surface area (Å²) in [6, 6.07) is 9.23. The summed E-state index contributed by atoms with van der Waals surface area (Å²) in [5.74, 6) is 0.710. The van der Waals surface area contributed by atoms with Gasteiger partial charge in [-0.15, -0.1) is 0 Å². The minimum atomic E-state index is 0.199. The molecule has 0 bridgehead atoms. The van der Waals surface area contributed by atoms with Crippen LogP contribution in [-0.2, 0) is 4.74 Å². The molecule has 1 fully saturated rings. The quantitative estimate of drug-likeness (QED) is 0.875. The Bertz CT molecular complexity index is 427. The van der Waals surface area contributed by atoms with Crippen LogP contribution in [0, 0.1) is 12.8 Å². The van der Waals surface area contributed by atoms with Crippen molar-refractivity contribution in [2.24, 2.45) is 11.7 Å². The van der Waals surface area contributed by atoms with Gasteiger partial charge in [-0.2, -0.15) is 0 Å². The van der Waals surface area contributed by atoms with Crippen LogP contribution in [-0.4, -0.2) is 37.7 Å². The topological polar surface area (TPSA) is 38.5 Å². The number of likely N-dealkylation sites (tertiary alicyclic amines) is 1. The predicted molar refractivity (Wildman–Crippen MR) is 88.4 cm³/mol. The molecule has 2 N–H and O–H groups in total. The van der Waals surface area contributed by atoms with E-state index in [1.165, 1.54) is 24.0 Å². The molecule has 3 heteroatoms. The highest BCUT2D eigenvalue weighted by Crippen LogP contribution is 2.31. The van der Waals surface area contributed by atoms with Crippen LogP contribution in [0.25, 0.3) is 0 Å². The monoisotopic (exact) mass is 290 g/mol. The largest absolute Gasteiger partial charge is 0.384 e. The van der Waals surface area contributed by atoms with Gasteiger partial charge in [-0.1, -0.05) is 31.2 Å². The van der Waals surface area contributed by atoms with Crippen LogP contribution in [0.3, 0.4) is 0 Å². The molecule has 0 aliphatic carbocycles. The van der Waals surface area contributed by atoms with Gasteiger partial charge in [0, 0.05) is 19.8 Å². The summed E-state index contributed by atoms with van der Waals surface area (Å²) in [6.07, 6.45) is 3.44. The fourth-order valence-corrected chi connectivity index (χ4v) is 3.47. The van der Waals surface area contributed by atoms with Crippen LogP contribution in [0.1, 0.15) is 43.4 Å². The smallest absolute Gasteiger partial charge is 0.0501 e. The van der Waals surface area contributed by atoms with E-state index in [0.29, 0.717) is 12.0 Å². The first-order chi connectivity index (χ1) is 10.2. The molecule has 1 aliphatic heterocycles. The van der Waals surface area contributed by atoms with Crippen molar-refractivity contribution in [3.05, 3.63) is 35.4 Å². The fraction of sp³-hybridized carbons (Fsp3) is 0.667. The second kappa shape index (κ2) is 7.92. The van der Waals surface area contributed by atoms with E-state index in [2.05, 4.69) is 43.0 Å². The number of ether oxygens (including phenoxy) is 1. The molecule has 0 spiro atoms. The summed E-state index contributed by atoms with van der Waals surface area (Å²) in [5.41, 5.74) is 9.23. The number of nitrogens with zero attached hydrogens (tertiary/aromatic N) is 1. The maximum absolute atomic E-state index is 6.48. The number of piperidine rings is 1. The number of hydrogen-bond acceptors (Lipinski definition) is 3. The molecule has 0 radical (unpaired) electrons. The van der Waals surface area contributed by atoms with E-state index in [1.807, 2.05) is 0 Å². The van der Waals surface area contributed by atoms with E-state index in [0.717, 1.165) is 26.1 Å². The molecule has 1 aliphatic rings. The molecule has 21 heavy (non-hydrogen) atoms. The number of methoxy groups -OCH3 is 1. The standard InChI is InChI=1S/C18H30N2O/c1-4-17(19)18(16-8-6-5-7-14(16)2)20-11-9-15(10-12-20)13-21-3/h5-8,15,17-18H,4,9-13,19H2,1-3H3. The lowest BCUT2D eigenvalue weighted by Gasteiger charge is -2.40. The highest BCUT2D eigenvalue weighted by atomic mass is 16.5. The van der Waals surface area contributed by atoms with E-state index in [4.69, 9.17) is 10.5 Å². The molecule has 1 saturated heterocycles. The summed E-state index contributed by atoms with van der Waals surface area (Å²) < 4.78 is 5.31. The van der Waals surface area contributed by atoms with Gasteiger partial charge < -0.3 is 10.5 Å². The van der Waals surface area contributed by atoms with Gasteiger partial charge in [-0.3, -0.25) is 4.90 Å². The van der Waals surface area contributed by atoms with E-state index in [9.17, 15) is 0 Å². The zero-order chi connectivity index (χ0) is 15.2. The summed E-state index contributed by atoms with van der Waals surface area (Å²) >= 11 is 0.